The predicted molar refractivity (Wildman–Crippen MR) is 70.9 cm³/mol. The molecule has 5 nitrogen and oxygen atoms in total. The molecule has 106 valence electrons. The summed E-state index contributed by atoms with van der Waals surface area (Å²) in [6.45, 7) is 9.66. The number of aromatic nitrogens is 1. The van der Waals surface area contributed by atoms with Crippen molar-refractivity contribution in [3.63, 3.8) is 0 Å². The smallest absolute Gasteiger partial charge is 0.289 e. The number of hydrogen-bond donors (Lipinski definition) is 1. The Morgan fingerprint density at radius 3 is 2.84 bits per heavy atom. The van der Waals surface area contributed by atoms with Gasteiger partial charge in [0.15, 0.2) is 0 Å². The third kappa shape index (κ3) is 3.35. The van der Waals surface area contributed by atoms with Gasteiger partial charge in [-0.25, -0.2) is 0 Å². The third-order valence-electron chi connectivity index (χ3n) is 3.44. The van der Waals surface area contributed by atoms with Gasteiger partial charge in [0.05, 0.1) is 11.8 Å². The lowest BCUT2D eigenvalue weighted by Gasteiger charge is -2.31. The lowest BCUT2D eigenvalue weighted by atomic mass is 9.81. The average molecular weight is 266 g/mol. The molecule has 1 N–H and O–H groups in total. The van der Waals surface area contributed by atoms with E-state index in [1.54, 1.807) is 13.0 Å². The molecule has 1 aromatic rings. The van der Waals surface area contributed by atoms with Gasteiger partial charge in [-0.05, 0) is 18.8 Å². The molecule has 0 unspecified atom stereocenters. The first-order valence-electron chi connectivity index (χ1n) is 6.71. The van der Waals surface area contributed by atoms with Crippen LogP contribution in [0.3, 0.4) is 0 Å². The van der Waals surface area contributed by atoms with Crippen LogP contribution in [0, 0.1) is 18.3 Å². The number of carbonyl (C=O) groups excluding carboxylic acids is 1. The first kappa shape index (κ1) is 14.1. The molecular weight excluding hydrogens is 244 g/mol. The van der Waals surface area contributed by atoms with E-state index < -0.39 is 0 Å². The fourth-order valence-electron chi connectivity index (χ4n) is 2.58. The van der Waals surface area contributed by atoms with Gasteiger partial charge in [0, 0.05) is 25.1 Å². The summed E-state index contributed by atoms with van der Waals surface area (Å²) in [6.07, 6.45) is 1.17. The summed E-state index contributed by atoms with van der Waals surface area (Å²) in [7, 11) is 0. The fraction of sp³-hybridized carbons (Fsp3) is 0.714. The number of hydrogen-bond acceptors (Lipinski definition) is 4. The van der Waals surface area contributed by atoms with E-state index in [9.17, 15) is 4.79 Å². The summed E-state index contributed by atoms with van der Waals surface area (Å²) in [4.78, 5) is 11.9. The largest absolute Gasteiger partial charge is 0.377 e. The van der Waals surface area contributed by atoms with Crippen molar-refractivity contribution in [1.82, 2.24) is 10.5 Å². The summed E-state index contributed by atoms with van der Waals surface area (Å²) in [5.74, 6) is 0.414. The first-order chi connectivity index (χ1) is 8.88. The van der Waals surface area contributed by atoms with Crippen LogP contribution in [0.1, 0.15) is 43.4 Å². The molecule has 0 bridgehead atoms. The quantitative estimate of drug-likeness (QED) is 0.910. The number of amides is 1. The molecule has 0 aliphatic carbocycles. The van der Waals surface area contributed by atoms with Crippen molar-refractivity contribution in [2.24, 2.45) is 11.3 Å². The second kappa shape index (κ2) is 5.33. The van der Waals surface area contributed by atoms with E-state index in [1.165, 1.54) is 0 Å². The van der Waals surface area contributed by atoms with Gasteiger partial charge < -0.3 is 14.6 Å². The number of carbonyl (C=O) groups is 1. The minimum atomic E-state index is -0.208. The standard InChI is InChI=1S/C14H22N2O3/c1-9-7-11(19-16-9)13(17)15-8-10-5-6-18-12(10)14(2,3)4/h7,10,12H,5-6,8H2,1-4H3,(H,15,17)/t10-,12+/m1/s1. The molecule has 0 radical (unpaired) electrons. The van der Waals surface area contributed by atoms with Crippen LogP contribution < -0.4 is 5.32 Å². The SMILES string of the molecule is Cc1cc(C(=O)NC[C@H]2CCO[C@@H]2C(C)(C)C)on1. The Morgan fingerprint density at radius 2 is 2.26 bits per heavy atom. The maximum atomic E-state index is 11.9. The van der Waals surface area contributed by atoms with Crippen LogP contribution in [0.15, 0.2) is 10.6 Å². The molecular formula is C14H22N2O3. The van der Waals surface area contributed by atoms with Gasteiger partial charge in [-0.15, -0.1) is 0 Å². The van der Waals surface area contributed by atoms with Crippen LogP contribution >= 0.6 is 0 Å². The molecule has 1 aliphatic rings. The Hall–Kier alpha value is -1.36. The molecule has 1 saturated heterocycles. The first-order valence-corrected chi connectivity index (χ1v) is 6.71. The molecule has 0 aromatic carbocycles. The highest BCUT2D eigenvalue weighted by Crippen LogP contribution is 2.34. The molecule has 19 heavy (non-hydrogen) atoms. The van der Waals surface area contributed by atoms with Crippen LogP contribution in [0.25, 0.3) is 0 Å². The minimum absolute atomic E-state index is 0.0920. The molecule has 5 heteroatoms. The zero-order valence-corrected chi connectivity index (χ0v) is 12.0. The summed E-state index contributed by atoms with van der Waals surface area (Å²) in [6, 6.07) is 1.64. The Bertz CT molecular complexity index is 448. The van der Waals surface area contributed by atoms with Crippen molar-refractivity contribution < 1.29 is 14.1 Å². The van der Waals surface area contributed by atoms with Gasteiger partial charge in [0.25, 0.3) is 5.91 Å². The average Bonchev–Trinajstić information content (AvgIpc) is 2.93. The second-order valence-corrected chi connectivity index (χ2v) is 6.25. The van der Waals surface area contributed by atoms with Gasteiger partial charge in [-0.1, -0.05) is 25.9 Å². The van der Waals surface area contributed by atoms with Crippen molar-refractivity contribution in [1.29, 1.82) is 0 Å². The maximum absolute atomic E-state index is 11.9. The highest BCUT2D eigenvalue weighted by Gasteiger charge is 2.37. The van der Waals surface area contributed by atoms with Crippen molar-refractivity contribution >= 4 is 5.91 Å². The van der Waals surface area contributed by atoms with Crippen LogP contribution in [0.2, 0.25) is 0 Å². The normalized spacial score (nSPS) is 23.6. The van der Waals surface area contributed by atoms with E-state index in [-0.39, 0.29) is 23.2 Å². The van der Waals surface area contributed by atoms with Gasteiger partial charge in [0.1, 0.15) is 0 Å². The van der Waals surface area contributed by atoms with Gasteiger partial charge in [-0.3, -0.25) is 4.79 Å². The number of aryl methyl sites for hydroxylation is 1. The number of rotatable bonds is 3. The fourth-order valence-corrected chi connectivity index (χ4v) is 2.58. The van der Waals surface area contributed by atoms with Crippen LogP contribution in [-0.2, 0) is 4.74 Å². The molecule has 1 aliphatic heterocycles. The lowest BCUT2D eigenvalue weighted by molar-refractivity contribution is 0.00730. The topological polar surface area (TPSA) is 64.4 Å². The lowest BCUT2D eigenvalue weighted by Crippen LogP contribution is -2.38. The molecule has 1 aromatic heterocycles. The van der Waals surface area contributed by atoms with Crippen molar-refractivity contribution in [3.8, 4) is 0 Å². The van der Waals surface area contributed by atoms with E-state index >= 15 is 0 Å². The summed E-state index contributed by atoms with van der Waals surface area (Å²) >= 11 is 0. The highest BCUT2D eigenvalue weighted by molar-refractivity contribution is 5.91. The monoisotopic (exact) mass is 266 g/mol. The summed E-state index contributed by atoms with van der Waals surface area (Å²) < 4.78 is 10.7. The van der Waals surface area contributed by atoms with Crippen LogP contribution in [0.5, 0.6) is 0 Å². The third-order valence-corrected chi connectivity index (χ3v) is 3.44. The molecule has 0 spiro atoms. The van der Waals surface area contributed by atoms with Crippen molar-refractivity contribution in [2.75, 3.05) is 13.2 Å². The molecule has 1 fully saturated rings. The van der Waals surface area contributed by atoms with Gasteiger partial charge >= 0.3 is 0 Å². The molecule has 2 atom stereocenters. The van der Waals surface area contributed by atoms with Gasteiger partial charge in [0.2, 0.25) is 5.76 Å². The second-order valence-electron chi connectivity index (χ2n) is 6.25. The Morgan fingerprint density at radius 1 is 1.53 bits per heavy atom. The van der Waals surface area contributed by atoms with E-state index in [4.69, 9.17) is 9.26 Å². The minimum Gasteiger partial charge on any atom is -0.377 e. The summed E-state index contributed by atoms with van der Waals surface area (Å²) in [5, 5.41) is 6.61. The highest BCUT2D eigenvalue weighted by atomic mass is 16.5. The van der Waals surface area contributed by atoms with Gasteiger partial charge in [-0.2, -0.15) is 0 Å². The van der Waals surface area contributed by atoms with Crippen molar-refractivity contribution in [3.05, 3.63) is 17.5 Å². The Kier molecular flexibility index (Phi) is 3.94. The van der Waals surface area contributed by atoms with E-state index in [2.05, 4.69) is 31.2 Å². The van der Waals surface area contributed by atoms with Crippen LogP contribution in [-0.4, -0.2) is 30.3 Å². The number of nitrogens with one attached hydrogen (secondary N) is 1. The van der Waals surface area contributed by atoms with Crippen molar-refractivity contribution in [2.45, 2.75) is 40.2 Å². The van der Waals surface area contributed by atoms with E-state index in [0.717, 1.165) is 13.0 Å². The Labute approximate surface area is 113 Å². The van der Waals surface area contributed by atoms with E-state index in [0.29, 0.717) is 18.2 Å². The zero-order chi connectivity index (χ0) is 14.0. The van der Waals surface area contributed by atoms with Crippen LogP contribution in [0.4, 0.5) is 0 Å². The number of nitrogens with zero attached hydrogens (tertiary/aromatic N) is 1. The maximum Gasteiger partial charge on any atom is 0.289 e. The Balaban J connectivity index is 1.90. The summed E-state index contributed by atoms with van der Waals surface area (Å²) in [5.41, 5.74) is 0.802. The molecule has 2 heterocycles. The molecule has 2 rings (SSSR count). The molecule has 0 saturated carbocycles. The number of ether oxygens (including phenoxy) is 1. The zero-order valence-electron chi connectivity index (χ0n) is 12.0. The molecule has 1 amide bonds. The van der Waals surface area contributed by atoms with E-state index in [1.807, 2.05) is 0 Å². The predicted octanol–water partition coefficient (Wildman–Crippen LogP) is 2.16.